The Kier molecular flexibility index (Phi) is 9.02. The lowest BCUT2D eigenvalue weighted by Crippen LogP contribution is -2.42. The molecule has 2 N–H and O–H groups in total. The van der Waals surface area contributed by atoms with Gasteiger partial charge in [-0.1, -0.05) is 49.4 Å². The molecule has 0 heterocycles. The Morgan fingerprint density at radius 2 is 1.69 bits per heavy atom. The Hall–Kier alpha value is -3.13. The van der Waals surface area contributed by atoms with Crippen LogP contribution in [-0.2, 0) is 19.4 Å². The lowest BCUT2D eigenvalue weighted by atomic mass is 10.0. The minimum absolute atomic E-state index is 0.0338. The molecule has 0 bridgehead atoms. The van der Waals surface area contributed by atoms with Gasteiger partial charge in [-0.2, -0.15) is 0 Å². The highest BCUT2D eigenvalue weighted by atomic mass is 32.2. The van der Waals surface area contributed by atoms with E-state index >= 15 is 0 Å². The van der Waals surface area contributed by atoms with Gasteiger partial charge in [0, 0.05) is 11.3 Å². The average molecular weight is 460 g/mol. The lowest BCUT2D eigenvalue weighted by molar-refractivity contribution is -0.141. The Morgan fingerprint density at radius 1 is 1.06 bits per heavy atom. The van der Waals surface area contributed by atoms with Gasteiger partial charge in [0.15, 0.2) is 0 Å². The van der Waals surface area contributed by atoms with Crippen LogP contribution in [0.5, 0.6) is 5.75 Å². The first-order valence-electron chi connectivity index (χ1n) is 10.4. The molecule has 0 aromatic heterocycles. The fourth-order valence-electron chi connectivity index (χ4n) is 2.91. The second-order valence-electron chi connectivity index (χ2n) is 7.55. The van der Waals surface area contributed by atoms with Gasteiger partial charge >= 0.3 is 5.97 Å². The minimum Gasteiger partial charge on any atom is -0.491 e. The van der Waals surface area contributed by atoms with Gasteiger partial charge in [-0.25, -0.2) is 13.2 Å². The van der Waals surface area contributed by atoms with E-state index in [1.165, 1.54) is 6.92 Å². The molecular weight excluding hydrogens is 430 g/mol. The number of rotatable bonds is 11. The number of carboxylic acid groups (broad SMARTS) is 1. The van der Waals surface area contributed by atoms with Crippen LogP contribution in [0, 0.1) is 0 Å². The topological polar surface area (TPSA) is 110 Å². The molecule has 2 aromatic carbocycles. The Morgan fingerprint density at radius 3 is 2.22 bits per heavy atom. The van der Waals surface area contributed by atoms with E-state index in [4.69, 9.17) is 4.74 Å². The summed E-state index contributed by atoms with van der Waals surface area (Å²) in [7, 11) is -3.36. The van der Waals surface area contributed by atoms with Crippen molar-refractivity contribution in [1.82, 2.24) is 5.32 Å². The van der Waals surface area contributed by atoms with Gasteiger partial charge in [0.05, 0.1) is 11.9 Å². The fourth-order valence-corrected chi connectivity index (χ4v) is 3.80. The molecule has 32 heavy (non-hydrogen) atoms. The summed E-state index contributed by atoms with van der Waals surface area (Å²) in [4.78, 5) is 24.7. The molecule has 0 saturated carbocycles. The van der Waals surface area contributed by atoms with Gasteiger partial charge in [0.25, 0.3) is 5.91 Å². The number of ether oxygens (including phenoxy) is 1. The number of benzene rings is 2. The van der Waals surface area contributed by atoms with Gasteiger partial charge in [-0.3, -0.25) is 4.79 Å². The summed E-state index contributed by atoms with van der Waals surface area (Å²) in [6.07, 6.45) is 1.48. The smallest absolute Gasteiger partial charge is 0.326 e. The van der Waals surface area contributed by atoms with Gasteiger partial charge in [0.2, 0.25) is 0 Å². The van der Waals surface area contributed by atoms with Crippen LogP contribution in [-0.4, -0.2) is 49.1 Å². The van der Waals surface area contributed by atoms with Crippen LogP contribution in [0.15, 0.2) is 54.6 Å². The third-order valence-corrected chi connectivity index (χ3v) is 6.39. The standard InChI is InChI=1S/C24H29NO6S/c1-4-32(29,30)15-14-22(24(27)28)25-23(26)21(19-8-6-5-7-9-19)16-18-10-12-20(13-11-18)31-17(2)3/h5-13,16-17,22H,4,14-15H2,1-3H3,(H,25,26)(H,27,28)/b21-16+. The second-order valence-corrected chi connectivity index (χ2v) is 10.0. The zero-order valence-electron chi connectivity index (χ0n) is 18.4. The number of hydrogen-bond acceptors (Lipinski definition) is 5. The number of carboxylic acids is 1. The van der Waals surface area contributed by atoms with E-state index in [1.54, 1.807) is 54.6 Å². The molecule has 0 fully saturated rings. The zero-order chi connectivity index (χ0) is 23.7. The van der Waals surface area contributed by atoms with E-state index in [0.29, 0.717) is 11.3 Å². The zero-order valence-corrected chi connectivity index (χ0v) is 19.3. The molecule has 1 amide bonds. The van der Waals surface area contributed by atoms with Crippen LogP contribution in [0.25, 0.3) is 11.6 Å². The third kappa shape index (κ3) is 7.85. The predicted octanol–water partition coefficient (Wildman–Crippen LogP) is 3.41. The summed E-state index contributed by atoms with van der Waals surface area (Å²) in [6, 6.07) is 14.7. The first-order valence-corrected chi connectivity index (χ1v) is 12.2. The molecular formula is C24H29NO6S. The molecule has 0 aliphatic rings. The van der Waals surface area contributed by atoms with Gasteiger partial charge in [-0.05, 0) is 49.6 Å². The number of nitrogens with one attached hydrogen (secondary N) is 1. The number of carbonyl (C=O) groups excluding carboxylic acids is 1. The van der Waals surface area contributed by atoms with Crippen molar-refractivity contribution in [2.75, 3.05) is 11.5 Å². The van der Waals surface area contributed by atoms with Crippen LogP contribution in [0.4, 0.5) is 0 Å². The van der Waals surface area contributed by atoms with Crippen molar-refractivity contribution in [3.05, 3.63) is 65.7 Å². The summed E-state index contributed by atoms with van der Waals surface area (Å²) in [5, 5.41) is 12.0. The first kappa shape index (κ1) is 25.1. The largest absolute Gasteiger partial charge is 0.491 e. The molecule has 0 radical (unpaired) electrons. The normalized spacial score (nSPS) is 12.9. The molecule has 2 aromatic rings. The van der Waals surface area contributed by atoms with E-state index in [-0.39, 0.29) is 29.6 Å². The van der Waals surface area contributed by atoms with Crippen LogP contribution in [0.2, 0.25) is 0 Å². The van der Waals surface area contributed by atoms with Crippen molar-refractivity contribution in [2.45, 2.75) is 39.3 Å². The number of sulfone groups is 1. The molecule has 8 heteroatoms. The maximum absolute atomic E-state index is 13.1. The van der Waals surface area contributed by atoms with E-state index < -0.39 is 27.8 Å². The average Bonchev–Trinajstić information content (AvgIpc) is 2.76. The summed E-state index contributed by atoms with van der Waals surface area (Å²) in [6.45, 7) is 5.35. The number of amides is 1. The van der Waals surface area contributed by atoms with Gasteiger partial charge in [0.1, 0.15) is 21.6 Å². The van der Waals surface area contributed by atoms with Crippen molar-refractivity contribution >= 4 is 33.4 Å². The highest BCUT2D eigenvalue weighted by Gasteiger charge is 2.24. The quantitative estimate of drug-likeness (QED) is 0.394. The second kappa shape index (κ2) is 11.5. The summed E-state index contributed by atoms with van der Waals surface area (Å²) < 4.78 is 29.2. The van der Waals surface area contributed by atoms with Crippen molar-refractivity contribution in [3.63, 3.8) is 0 Å². The molecule has 0 aliphatic heterocycles. The third-order valence-electron chi connectivity index (χ3n) is 4.65. The summed E-state index contributed by atoms with van der Waals surface area (Å²) in [5.74, 6) is -1.58. The Labute approximate surface area is 189 Å². The Balaban J connectivity index is 2.30. The highest BCUT2D eigenvalue weighted by Crippen LogP contribution is 2.21. The maximum Gasteiger partial charge on any atom is 0.326 e. The predicted molar refractivity (Wildman–Crippen MR) is 125 cm³/mol. The molecule has 1 unspecified atom stereocenters. The number of hydrogen-bond donors (Lipinski definition) is 2. The molecule has 7 nitrogen and oxygen atoms in total. The highest BCUT2D eigenvalue weighted by molar-refractivity contribution is 7.91. The van der Waals surface area contributed by atoms with Crippen molar-refractivity contribution in [2.24, 2.45) is 0 Å². The van der Waals surface area contributed by atoms with Crippen LogP contribution < -0.4 is 10.1 Å². The van der Waals surface area contributed by atoms with E-state index in [1.807, 2.05) is 19.9 Å². The molecule has 0 aliphatic carbocycles. The van der Waals surface area contributed by atoms with Crippen molar-refractivity contribution in [1.29, 1.82) is 0 Å². The van der Waals surface area contributed by atoms with Gasteiger partial charge in [-0.15, -0.1) is 0 Å². The molecule has 0 spiro atoms. The van der Waals surface area contributed by atoms with Crippen LogP contribution in [0.3, 0.4) is 0 Å². The minimum atomic E-state index is -3.36. The summed E-state index contributed by atoms with van der Waals surface area (Å²) >= 11 is 0. The van der Waals surface area contributed by atoms with Crippen LogP contribution >= 0.6 is 0 Å². The number of aliphatic carboxylic acids is 1. The lowest BCUT2D eigenvalue weighted by Gasteiger charge is -2.16. The summed E-state index contributed by atoms with van der Waals surface area (Å²) in [5.41, 5.74) is 1.61. The number of carbonyl (C=O) groups is 2. The van der Waals surface area contributed by atoms with E-state index in [0.717, 1.165) is 5.56 Å². The van der Waals surface area contributed by atoms with Gasteiger partial charge < -0.3 is 15.2 Å². The SMILES string of the molecule is CCS(=O)(=O)CCC(NC(=O)/C(=C/c1ccc(OC(C)C)cc1)c1ccccc1)C(=O)O. The monoisotopic (exact) mass is 459 g/mol. The molecule has 172 valence electrons. The Bertz CT molecular complexity index is 1040. The molecule has 0 saturated heterocycles. The fraction of sp³-hybridized carbons (Fsp3) is 0.333. The first-order chi connectivity index (χ1) is 15.1. The van der Waals surface area contributed by atoms with E-state index in [9.17, 15) is 23.1 Å². The molecule has 1 atom stereocenters. The van der Waals surface area contributed by atoms with Crippen LogP contribution in [0.1, 0.15) is 38.3 Å². The molecule has 2 rings (SSSR count). The maximum atomic E-state index is 13.1. The van der Waals surface area contributed by atoms with Crippen molar-refractivity contribution < 1.29 is 27.9 Å². The van der Waals surface area contributed by atoms with E-state index in [2.05, 4.69) is 5.32 Å². The van der Waals surface area contributed by atoms with Crippen molar-refractivity contribution in [3.8, 4) is 5.75 Å².